The number of carbonyl (C=O) groups excluding carboxylic acids is 2. The minimum atomic E-state index is -0.423. The number of allylic oxidation sites excluding steroid dienone is 1. The Kier molecular flexibility index (Phi) is 7.25. The number of carbonyl (C=O) groups is 2. The molecule has 0 aromatic heterocycles. The Hall–Kier alpha value is -2.30. The minimum absolute atomic E-state index is 0.224. The van der Waals surface area contributed by atoms with Crippen molar-refractivity contribution in [3.05, 3.63) is 29.3 Å². The molecular formula is C21H28O5. The van der Waals surface area contributed by atoms with Crippen LogP contribution < -0.4 is 9.47 Å². The van der Waals surface area contributed by atoms with E-state index in [0.29, 0.717) is 41.9 Å². The molecule has 2 rings (SSSR count). The predicted molar refractivity (Wildman–Crippen MR) is 101 cm³/mol. The normalized spacial score (nSPS) is 23.4. The van der Waals surface area contributed by atoms with E-state index < -0.39 is 5.97 Å². The van der Waals surface area contributed by atoms with Crippen LogP contribution in [0, 0.1) is 5.92 Å². The van der Waals surface area contributed by atoms with Gasteiger partial charge in [0, 0.05) is 18.9 Å². The Morgan fingerprint density at radius 1 is 1.04 bits per heavy atom. The van der Waals surface area contributed by atoms with Crippen molar-refractivity contribution in [2.75, 3.05) is 14.2 Å². The van der Waals surface area contributed by atoms with Crippen LogP contribution in [0.15, 0.2) is 18.2 Å². The van der Waals surface area contributed by atoms with E-state index in [1.807, 2.05) is 19.1 Å². The molecule has 0 radical (unpaired) electrons. The fraction of sp³-hybridized carbons (Fsp3) is 0.524. The van der Waals surface area contributed by atoms with Crippen molar-refractivity contribution in [3.63, 3.8) is 0 Å². The lowest BCUT2D eigenvalue weighted by molar-refractivity contribution is -0.119. The van der Waals surface area contributed by atoms with Gasteiger partial charge in [-0.3, -0.25) is 4.79 Å². The molecule has 0 saturated heterocycles. The van der Waals surface area contributed by atoms with E-state index in [-0.39, 0.29) is 17.8 Å². The lowest BCUT2D eigenvalue weighted by atomic mass is 9.97. The monoisotopic (exact) mass is 360 g/mol. The van der Waals surface area contributed by atoms with E-state index in [2.05, 4.69) is 6.92 Å². The molecule has 0 aliphatic carbocycles. The van der Waals surface area contributed by atoms with Gasteiger partial charge in [0.25, 0.3) is 0 Å². The second-order valence-corrected chi connectivity index (χ2v) is 6.82. The van der Waals surface area contributed by atoms with Crippen molar-refractivity contribution in [1.29, 1.82) is 0 Å². The first-order valence-electron chi connectivity index (χ1n) is 9.11. The summed E-state index contributed by atoms with van der Waals surface area (Å²) >= 11 is 0. The van der Waals surface area contributed by atoms with E-state index in [9.17, 15) is 9.59 Å². The molecule has 0 bridgehead atoms. The van der Waals surface area contributed by atoms with E-state index in [1.54, 1.807) is 19.2 Å². The van der Waals surface area contributed by atoms with Gasteiger partial charge >= 0.3 is 5.97 Å². The van der Waals surface area contributed by atoms with Crippen LogP contribution in [0.4, 0.5) is 0 Å². The molecule has 5 heteroatoms. The number of ether oxygens (including phenoxy) is 3. The second-order valence-electron chi connectivity index (χ2n) is 6.82. The maximum absolute atomic E-state index is 12.8. The number of methoxy groups -OCH3 is 2. The largest absolute Gasteiger partial charge is 0.497 e. The average molecular weight is 360 g/mol. The van der Waals surface area contributed by atoms with Crippen molar-refractivity contribution in [3.8, 4) is 11.5 Å². The number of ketones is 1. The van der Waals surface area contributed by atoms with Crippen molar-refractivity contribution in [2.24, 2.45) is 5.92 Å². The van der Waals surface area contributed by atoms with Crippen LogP contribution in [0.5, 0.6) is 11.5 Å². The van der Waals surface area contributed by atoms with Crippen LogP contribution in [0.25, 0.3) is 6.08 Å². The van der Waals surface area contributed by atoms with Gasteiger partial charge in [0.1, 0.15) is 22.8 Å². The quantitative estimate of drug-likeness (QED) is 0.730. The highest BCUT2D eigenvalue weighted by atomic mass is 16.5. The first-order chi connectivity index (χ1) is 12.4. The number of esters is 1. The third kappa shape index (κ3) is 5.35. The molecule has 0 spiro atoms. The Balaban J connectivity index is 2.45. The van der Waals surface area contributed by atoms with Crippen molar-refractivity contribution < 1.29 is 23.8 Å². The third-order valence-corrected chi connectivity index (χ3v) is 4.62. The fourth-order valence-electron chi connectivity index (χ4n) is 3.00. The number of hydrogen-bond donors (Lipinski definition) is 0. The van der Waals surface area contributed by atoms with Gasteiger partial charge in [-0.05, 0) is 43.7 Å². The summed E-state index contributed by atoms with van der Waals surface area (Å²) in [6.45, 7) is 3.91. The molecule has 142 valence electrons. The maximum atomic E-state index is 12.8. The summed E-state index contributed by atoms with van der Waals surface area (Å²) < 4.78 is 16.3. The molecule has 1 aliphatic rings. The second kappa shape index (κ2) is 9.41. The van der Waals surface area contributed by atoms with E-state index in [4.69, 9.17) is 14.2 Å². The lowest BCUT2D eigenvalue weighted by Gasteiger charge is -2.18. The molecule has 1 heterocycles. The van der Waals surface area contributed by atoms with Gasteiger partial charge in [-0.25, -0.2) is 4.79 Å². The number of fused-ring (bicyclic) bond motifs is 1. The molecule has 1 aromatic rings. The number of hydrogen-bond acceptors (Lipinski definition) is 5. The summed E-state index contributed by atoms with van der Waals surface area (Å²) in [4.78, 5) is 24.7. The molecule has 1 aliphatic heterocycles. The Morgan fingerprint density at radius 3 is 2.50 bits per heavy atom. The van der Waals surface area contributed by atoms with Crippen molar-refractivity contribution >= 4 is 17.8 Å². The zero-order valence-corrected chi connectivity index (χ0v) is 16.0. The molecular weight excluding hydrogens is 332 g/mol. The molecule has 0 N–H and O–H groups in total. The fourth-order valence-corrected chi connectivity index (χ4v) is 3.00. The van der Waals surface area contributed by atoms with Gasteiger partial charge in [-0.1, -0.05) is 19.1 Å². The molecule has 0 fully saturated rings. The van der Waals surface area contributed by atoms with E-state index in [1.165, 1.54) is 7.11 Å². The topological polar surface area (TPSA) is 61.8 Å². The van der Waals surface area contributed by atoms with Gasteiger partial charge < -0.3 is 14.2 Å². The van der Waals surface area contributed by atoms with Crippen LogP contribution in [0.3, 0.4) is 0 Å². The smallest absolute Gasteiger partial charge is 0.342 e. The van der Waals surface area contributed by atoms with Gasteiger partial charge in [0.15, 0.2) is 0 Å². The molecule has 0 amide bonds. The molecule has 26 heavy (non-hydrogen) atoms. The molecule has 1 aromatic carbocycles. The van der Waals surface area contributed by atoms with Crippen molar-refractivity contribution in [1.82, 2.24) is 0 Å². The first-order valence-corrected chi connectivity index (χ1v) is 9.11. The highest BCUT2D eigenvalue weighted by Gasteiger charge is 2.22. The SMILES string of the molecule is COc1cc2c(c(OC)c1)C(=O)O[C@H](C)CCCC(=O)CC[C@@H](C)/C=C/2. The van der Waals surface area contributed by atoms with Crippen LogP contribution >= 0.6 is 0 Å². The summed E-state index contributed by atoms with van der Waals surface area (Å²) in [6.07, 6.45) is 6.93. The standard InChI is InChI=1S/C21H28O5/c1-14-8-10-16-12-18(24-3)13-19(25-4)20(16)21(23)26-15(2)6-5-7-17(22)11-9-14/h8,10,12-15H,5-7,9,11H2,1-4H3/b10-8+/t14-,15+/m0/s1. The number of benzene rings is 1. The van der Waals surface area contributed by atoms with Crippen LogP contribution in [-0.4, -0.2) is 32.1 Å². The van der Waals surface area contributed by atoms with E-state index in [0.717, 1.165) is 12.8 Å². The Labute approximate surface area is 155 Å². The van der Waals surface area contributed by atoms with Crippen molar-refractivity contribution in [2.45, 2.75) is 52.1 Å². The lowest BCUT2D eigenvalue weighted by Crippen LogP contribution is -2.17. The third-order valence-electron chi connectivity index (χ3n) is 4.62. The zero-order chi connectivity index (χ0) is 19.1. The highest BCUT2D eigenvalue weighted by molar-refractivity contribution is 5.97. The van der Waals surface area contributed by atoms with Gasteiger partial charge in [0.05, 0.1) is 20.3 Å². The number of Topliss-reactive ketones (excluding diaryl/α,β-unsaturated/α-hetero) is 1. The Morgan fingerprint density at radius 2 is 1.81 bits per heavy atom. The number of rotatable bonds is 2. The summed E-state index contributed by atoms with van der Waals surface area (Å²) in [7, 11) is 3.09. The predicted octanol–water partition coefficient (Wildman–Crippen LogP) is 4.43. The number of cyclic esters (lactones) is 1. The molecule has 0 unspecified atom stereocenters. The van der Waals surface area contributed by atoms with Crippen LogP contribution in [0.2, 0.25) is 0 Å². The molecule has 2 atom stereocenters. The molecule has 0 saturated carbocycles. The van der Waals surface area contributed by atoms with Gasteiger partial charge in [0.2, 0.25) is 0 Å². The summed E-state index contributed by atoms with van der Waals surface area (Å²) in [5.74, 6) is 1.10. The maximum Gasteiger partial charge on any atom is 0.342 e. The average Bonchev–Trinajstić information content (AvgIpc) is 2.62. The summed E-state index contributed by atoms with van der Waals surface area (Å²) in [5.41, 5.74) is 1.09. The first kappa shape index (κ1) is 20.0. The van der Waals surface area contributed by atoms with Crippen LogP contribution in [0.1, 0.15) is 61.9 Å². The van der Waals surface area contributed by atoms with Gasteiger partial charge in [-0.2, -0.15) is 0 Å². The Bertz CT molecular complexity index is 677. The highest BCUT2D eigenvalue weighted by Crippen LogP contribution is 2.31. The van der Waals surface area contributed by atoms with Gasteiger partial charge in [-0.15, -0.1) is 0 Å². The van der Waals surface area contributed by atoms with Crippen LogP contribution in [-0.2, 0) is 9.53 Å². The molecule has 5 nitrogen and oxygen atoms in total. The summed E-state index contributed by atoms with van der Waals surface area (Å²) in [6, 6.07) is 3.48. The van der Waals surface area contributed by atoms with E-state index >= 15 is 0 Å². The zero-order valence-electron chi connectivity index (χ0n) is 16.0. The summed E-state index contributed by atoms with van der Waals surface area (Å²) in [5, 5.41) is 0. The minimum Gasteiger partial charge on any atom is -0.497 e.